The molecule has 0 fully saturated rings. The highest BCUT2D eigenvalue weighted by Gasteiger charge is 2.27. The molecule has 0 aliphatic heterocycles. The summed E-state index contributed by atoms with van der Waals surface area (Å²) in [5.41, 5.74) is 0.240. The highest BCUT2D eigenvalue weighted by atomic mass is 35.5. The smallest absolute Gasteiger partial charge is 0.349 e. The first-order valence-corrected chi connectivity index (χ1v) is 7.97. The van der Waals surface area contributed by atoms with Gasteiger partial charge in [-0.1, -0.05) is 35.0 Å². The van der Waals surface area contributed by atoms with Crippen LogP contribution in [0, 0.1) is 17.0 Å². The number of nitro benzene ring substituents is 1. The third kappa shape index (κ3) is 3.56. The number of aldehydes is 1. The van der Waals surface area contributed by atoms with Crippen LogP contribution in [0.25, 0.3) is 11.3 Å². The van der Waals surface area contributed by atoms with Gasteiger partial charge in [0.15, 0.2) is 0 Å². The SMILES string of the molecule is Cc1onc(-c2ccccc2Cl)c1C(=O)Oc1cc(C=O)ccc1[N+](=O)[O-]. The van der Waals surface area contributed by atoms with Crippen molar-refractivity contribution in [3.8, 4) is 17.0 Å². The van der Waals surface area contributed by atoms with E-state index in [4.69, 9.17) is 20.9 Å². The Balaban J connectivity index is 2.04. The standard InChI is InChI=1S/C18H11ClN2O6/c1-10-16(17(20-27-10)12-4-2-3-5-13(12)19)18(23)26-15-8-11(9-22)6-7-14(15)21(24)25/h2-9H,1H3. The highest BCUT2D eigenvalue weighted by molar-refractivity contribution is 6.33. The zero-order valence-corrected chi connectivity index (χ0v) is 14.6. The zero-order valence-electron chi connectivity index (χ0n) is 13.8. The monoisotopic (exact) mass is 386 g/mol. The van der Waals surface area contributed by atoms with Crippen LogP contribution >= 0.6 is 11.6 Å². The number of aromatic nitrogens is 1. The summed E-state index contributed by atoms with van der Waals surface area (Å²) >= 11 is 6.15. The van der Waals surface area contributed by atoms with Crippen molar-refractivity contribution in [2.24, 2.45) is 0 Å². The Morgan fingerprint density at radius 3 is 2.70 bits per heavy atom. The van der Waals surface area contributed by atoms with Gasteiger partial charge in [-0.05, 0) is 25.1 Å². The molecule has 136 valence electrons. The summed E-state index contributed by atoms with van der Waals surface area (Å²) in [6, 6.07) is 10.1. The Hall–Kier alpha value is -3.52. The number of hydrogen-bond donors (Lipinski definition) is 0. The Morgan fingerprint density at radius 1 is 1.30 bits per heavy atom. The van der Waals surface area contributed by atoms with Crippen LogP contribution in [0.2, 0.25) is 5.02 Å². The van der Waals surface area contributed by atoms with Crippen molar-refractivity contribution in [1.29, 1.82) is 0 Å². The van der Waals surface area contributed by atoms with Gasteiger partial charge >= 0.3 is 11.7 Å². The zero-order chi connectivity index (χ0) is 19.6. The predicted molar refractivity (Wildman–Crippen MR) is 95.1 cm³/mol. The van der Waals surface area contributed by atoms with E-state index in [-0.39, 0.29) is 28.3 Å². The largest absolute Gasteiger partial charge is 0.415 e. The van der Waals surface area contributed by atoms with Crippen molar-refractivity contribution in [3.05, 3.63) is 74.5 Å². The van der Waals surface area contributed by atoms with Crippen LogP contribution in [0.4, 0.5) is 5.69 Å². The molecule has 0 saturated heterocycles. The molecule has 0 N–H and O–H groups in total. The van der Waals surface area contributed by atoms with Crippen LogP contribution < -0.4 is 4.74 Å². The second kappa shape index (κ2) is 7.38. The van der Waals surface area contributed by atoms with Crippen molar-refractivity contribution >= 4 is 29.5 Å². The minimum Gasteiger partial charge on any atom is -0.415 e. The number of benzene rings is 2. The van der Waals surface area contributed by atoms with Crippen LogP contribution in [-0.4, -0.2) is 22.3 Å². The molecule has 0 aliphatic carbocycles. The van der Waals surface area contributed by atoms with Crippen molar-refractivity contribution in [2.75, 3.05) is 0 Å². The molecule has 8 nitrogen and oxygen atoms in total. The van der Waals surface area contributed by atoms with Crippen molar-refractivity contribution in [3.63, 3.8) is 0 Å². The Kier molecular flexibility index (Phi) is 5.00. The van der Waals surface area contributed by atoms with Gasteiger partial charge in [-0.15, -0.1) is 0 Å². The van der Waals surface area contributed by atoms with Gasteiger partial charge in [0, 0.05) is 17.2 Å². The summed E-state index contributed by atoms with van der Waals surface area (Å²) in [6.45, 7) is 1.50. The van der Waals surface area contributed by atoms with Crippen LogP contribution in [0.15, 0.2) is 47.0 Å². The predicted octanol–water partition coefficient (Wildman–Crippen LogP) is 4.24. The number of rotatable bonds is 5. The molecule has 0 unspecified atom stereocenters. The van der Waals surface area contributed by atoms with E-state index in [2.05, 4.69) is 5.16 Å². The second-order valence-corrected chi connectivity index (χ2v) is 5.84. The van der Waals surface area contributed by atoms with Gasteiger partial charge < -0.3 is 9.26 Å². The number of ether oxygens (including phenoxy) is 1. The molecular weight excluding hydrogens is 376 g/mol. The molecule has 0 amide bonds. The first kappa shape index (κ1) is 18.3. The van der Waals surface area contributed by atoms with Crippen molar-refractivity contribution in [1.82, 2.24) is 5.16 Å². The second-order valence-electron chi connectivity index (χ2n) is 5.43. The molecular formula is C18H11ClN2O6. The maximum absolute atomic E-state index is 12.7. The fraction of sp³-hybridized carbons (Fsp3) is 0.0556. The molecule has 0 spiro atoms. The molecule has 0 radical (unpaired) electrons. The molecule has 0 bridgehead atoms. The first-order valence-electron chi connectivity index (χ1n) is 7.59. The van der Waals surface area contributed by atoms with Crippen molar-refractivity contribution in [2.45, 2.75) is 6.92 Å². The number of carbonyl (C=O) groups excluding carboxylic acids is 2. The summed E-state index contributed by atoms with van der Waals surface area (Å²) < 4.78 is 10.3. The fourth-order valence-corrected chi connectivity index (χ4v) is 2.66. The lowest BCUT2D eigenvalue weighted by molar-refractivity contribution is -0.385. The quantitative estimate of drug-likeness (QED) is 0.212. The van der Waals surface area contributed by atoms with E-state index in [9.17, 15) is 19.7 Å². The number of nitro groups is 1. The summed E-state index contributed by atoms with van der Waals surface area (Å²) in [5.74, 6) is -1.13. The molecule has 2 aromatic carbocycles. The molecule has 1 heterocycles. The third-order valence-corrected chi connectivity index (χ3v) is 4.04. The van der Waals surface area contributed by atoms with E-state index in [0.29, 0.717) is 16.9 Å². The Labute approximate surface area is 157 Å². The first-order chi connectivity index (χ1) is 12.9. The molecule has 9 heteroatoms. The van der Waals surface area contributed by atoms with Gasteiger partial charge in [-0.3, -0.25) is 14.9 Å². The van der Waals surface area contributed by atoms with Gasteiger partial charge in [-0.25, -0.2) is 4.79 Å². The third-order valence-electron chi connectivity index (χ3n) is 3.72. The fourth-order valence-electron chi connectivity index (χ4n) is 2.44. The number of aryl methyl sites for hydroxylation is 1. The van der Waals surface area contributed by atoms with Crippen LogP contribution in [-0.2, 0) is 0 Å². The van der Waals surface area contributed by atoms with Gasteiger partial charge in [0.1, 0.15) is 23.3 Å². The molecule has 1 aromatic heterocycles. The minimum atomic E-state index is -0.921. The number of esters is 1. The summed E-state index contributed by atoms with van der Waals surface area (Å²) in [4.78, 5) is 34.1. The van der Waals surface area contributed by atoms with Gasteiger partial charge in [0.2, 0.25) is 5.75 Å². The maximum atomic E-state index is 12.7. The summed E-state index contributed by atoms with van der Waals surface area (Å²) in [5, 5.41) is 15.4. The van der Waals surface area contributed by atoms with Gasteiger partial charge in [0.25, 0.3) is 0 Å². The highest BCUT2D eigenvalue weighted by Crippen LogP contribution is 2.33. The van der Waals surface area contributed by atoms with Crippen LogP contribution in [0.1, 0.15) is 26.5 Å². The molecule has 0 atom stereocenters. The summed E-state index contributed by atoms with van der Waals surface area (Å²) in [6.07, 6.45) is 0.487. The topological polar surface area (TPSA) is 113 Å². The van der Waals surface area contributed by atoms with E-state index >= 15 is 0 Å². The molecule has 3 rings (SSSR count). The normalized spacial score (nSPS) is 10.4. The van der Waals surface area contributed by atoms with E-state index in [1.165, 1.54) is 13.0 Å². The lowest BCUT2D eigenvalue weighted by Crippen LogP contribution is -2.12. The Bertz CT molecular complexity index is 1060. The average molecular weight is 387 g/mol. The Morgan fingerprint density at radius 2 is 2.04 bits per heavy atom. The number of halogens is 1. The lowest BCUT2D eigenvalue weighted by atomic mass is 10.1. The maximum Gasteiger partial charge on any atom is 0.349 e. The van der Waals surface area contributed by atoms with E-state index in [0.717, 1.165) is 12.1 Å². The van der Waals surface area contributed by atoms with Gasteiger partial charge in [0.05, 0.1) is 9.95 Å². The lowest BCUT2D eigenvalue weighted by Gasteiger charge is -2.07. The van der Waals surface area contributed by atoms with E-state index in [1.807, 2.05) is 0 Å². The number of carbonyl (C=O) groups is 2. The summed E-state index contributed by atoms with van der Waals surface area (Å²) in [7, 11) is 0. The molecule has 27 heavy (non-hydrogen) atoms. The number of hydrogen-bond acceptors (Lipinski definition) is 7. The van der Waals surface area contributed by atoms with E-state index < -0.39 is 16.6 Å². The molecule has 0 saturated carbocycles. The van der Waals surface area contributed by atoms with Gasteiger partial charge in [-0.2, -0.15) is 0 Å². The van der Waals surface area contributed by atoms with Crippen LogP contribution in [0.3, 0.4) is 0 Å². The average Bonchev–Trinajstić information content (AvgIpc) is 3.03. The minimum absolute atomic E-state index is 0.0195. The van der Waals surface area contributed by atoms with Crippen LogP contribution in [0.5, 0.6) is 5.75 Å². The van der Waals surface area contributed by atoms with Crippen molar-refractivity contribution < 1.29 is 23.8 Å². The molecule has 3 aromatic rings. The molecule has 0 aliphatic rings. The number of nitrogens with zero attached hydrogens (tertiary/aromatic N) is 2. The van der Waals surface area contributed by atoms with E-state index in [1.54, 1.807) is 24.3 Å².